The molecule has 1 fully saturated rings. The van der Waals surface area contributed by atoms with E-state index in [2.05, 4.69) is 59.8 Å². The number of aromatic nitrogens is 2. The normalized spacial score (nSPS) is 18.7. The van der Waals surface area contributed by atoms with Crippen molar-refractivity contribution in [3.05, 3.63) is 82.8 Å². The summed E-state index contributed by atoms with van der Waals surface area (Å²) < 4.78 is 14.6. The van der Waals surface area contributed by atoms with Crippen LogP contribution in [0, 0.1) is 6.92 Å². The van der Waals surface area contributed by atoms with Crippen LogP contribution in [0.1, 0.15) is 67.9 Å². The van der Waals surface area contributed by atoms with Gasteiger partial charge in [-0.25, -0.2) is 9.78 Å². The average molecular weight is 514 g/mol. The summed E-state index contributed by atoms with van der Waals surface area (Å²) >= 11 is 0. The smallest absolute Gasteiger partial charge is 0.331 e. The molecule has 2 aromatic carbocycles. The molecule has 0 radical (unpaired) electrons. The van der Waals surface area contributed by atoms with Crippen molar-refractivity contribution in [3.8, 4) is 11.3 Å². The van der Waals surface area contributed by atoms with Crippen molar-refractivity contribution < 1.29 is 14.3 Å². The van der Waals surface area contributed by atoms with E-state index in [9.17, 15) is 4.79 Å². The predicted octanol–water partition coefficient (Wildman–Crippen LogP) is 5.97. The Balaban J connectivity index is 1.42. The predicted molar refractivity (Wildman–Crippen MR) is 151 cm³/mol. The molecule has 2 aliphatic rings. The first-order chi connectivity index (χ1) is 18.2. The van der Waals surface area contributed by atoms with Crippen molar-refractivity contribution in [2.45, 2.75) is 71.3 Å². The number of esters is 1. The van der Waals surface area contributed by atoms with Gasteiger partial charge in [0, 0.05) is 37.0 Å². The van der Waals surface area contributed by atoms with Crippen LogP contribution in [0.5, 0.6) is 0 Å². The van der Waals surface area contributed by atoms with Gasteiger partial charge in [0.15, 0.2) is 0 Å². The summed E-state index contributed by atoms with van der Waals surface area (Å²) in [5, 5.41) is 0. The van der Waals surface area contributed by atoms with Gasteiger partial charge in [-0.2, -0.15) is 0 Å². The maximum absolute atomic E-state index is 12.0. The molecule has 1 unspecified atom stereocenters. The van der Waals surface area contributed by atoms with Gasteiger partial charge in [0.1, 0.15) is 17.5 Å². The largest absolute Gasteiger partial charge is 0.457 e. The fourth-order valence-corrected chi connectivity index (χ4v) is 5.40. The first kappa shape index (κ1) is 26.4. The summed E-state index contributed by atoms with van der Waals surface area (Å²) in [6.45, 7) is 10.8. The number of aryl methyl sites for hydroxylation is 1. The van der Waals surface area contributed by atoms with Crippen LogP contribution in [0.15, 0.2) is 54.6 Å². The van der Waals surface area contributed by atoms with Crippen molar-refractivity contribution in [1.29, 1.82) is 0 Å². The molecule has 200 valence electrons. The molecular formula is C32H39N3O3. The summed E-state index contributed by atoms with van der Waals surface area (Å²) in [5.74, 6) is 0.654. The Kier molecular flexibility index (Phi) is 7.55. The van der Waals surface area contributed by atoms with E-state index in [0.29, 0.717) is 0 Å². The van der Waals surface area contributed by atoms with Crippen LogP contribution in [0.2, 0.25) is 0 Å². The Morgan fingerprint density at radius 2 is 1.74 bits per heavy atom. The van der Waals surface area contributed by atoms with Crippen molar-refractivity contribution in [2.24, 2.45) is 0 Å². The van der Waals surface area contributed by atoms with Crippen LogP contribution in [-0.2, 0) is 27.2 Å². The first-order valence-electron chi connectivity index (χ1n) is 13.7. The molecule has 3 heterocycles. The highest BCUT2D eigenvalue weighted by atomic mass is 16.6. The average Bonchev–Trinajstić information content (AvgIpc) is 3.12. The minimum atomic E-state index is -0.503. The van der Waals surface area contributed by atoms with Crippen LogP contribution in [0.3, 0.4) is 0 Å². The number of carbonyl (C=O) groups is 1. The van der Waals surface area contributed by atoms with Gasteiger partial charge in [0.05, 0.1) is 11.8 Å². The van der Waals surface area contributed by atoms with Gasteiger partial charge in [-0.15, -0.1) is 0 Å². The minimum absolute atomic E-state index is 0.175. The second kappa shape index (κ2) is 10.9. The van der Waals surface area contributed by atoms with E-state index in [1.807, 2.05) is 32.9 Å². The topological polar surface area (TPSA) is 56.6 Å². The van der Waals surface area contributed by atoms with Crippen molar-refractivity contribution in [2.75, 3.05) is 20.1 Å². The third-order valence-electron chi connectivity index (χ3n) is 7.42. The molecule has 1 aromatic heterocycles. The molecule has 38 heavy (non-hydrogen) atoms. The van der Waals surface area contributed by atoms with E-state index >= 15 is 0 Å². The van der Waals surface area contributed by atoms with E-state index in [4.69, 9.17) is 14.5 Å². The molecule has 1 atom stereocenters. The van der Waals surface area contributed by atoms with E-state index < -0.39 is 5.60 Å². The number of likely N-dealkylation sites (tertiary alicyclic amines) is 1. The zero-order chi connectivity index (χ0) is 26.9. The minimum Gasteiger partial charge on any atom is -0.457 e. The number of fused-ring (bicyclic) bond motifs is 2. The van der Waals surface area contributed by atoms with Crippen LogP contribution in [0.25, 0.3) is 17.3 Å². The Labute approximate surface area is 226 Å². The molecule has 5 rings (SSSR count). The van der Waals surface area contributed by atoms with Gasteiger partial charge in [-0.05, 0) is 76.8 Å². The monoisotopic (exact) mass is 513 g/mol. The summed E-state index contributed by atoms with van der Waals surface area (Å²) in [5.41, 5.74) is 6.22. The van der Waals surface area contributed by atoms with Crippen molar-refractivity contribution >= 4 is 12.0 Å². The van der Waals surface area contributed by atoms with Gasteiger partial charge in [0.2, 0.25) is 0 Å². The highest BCUT2D eigenvalue weighted by Crippen LogP contribution is 2.37. The summed E-state index contributed by atoms with van der Waals surface area (Å²) in [7, 11) is 2.18. The number of carbonyl (C=O) groups excluding carboxylic acids is 1. The maximum Gasteiger partial charge on any atom is 0.331 e. The van der Waals surface area contributed by atoms with Crippen LogP contribution < -0.4 is 0 Å². The molecule has 3 aromatic rings. The van der Waals surface area contributed by atoms with Crippen molar-refractivity contribution in [1.82, 2.24) is 14.5 Å². The van der Waals surface area contributed by atoms with Gasteiger partial charge in [0.25, 0.3) is 0 Å². The summed E-state index contributed by atoms with van der Waals surface area (Å²) in [6.07, 6.45) is 6.36. The molecule has 0 N–H and O–H groups in total. The molecule has 0 aliphatic carbocycles. The SMILES string of the molecule is Cc1c(-c2ccc(C=CC(=O)OC(C)(C)C)cc2)nc2n1CCc1ccccc1C2OC1CCN(C)CC1. The fraction of sp³-hybridized carbons (Fsp3) is 0.438. The number of piperidine rings is 1. The third kappa shape index (κ3) is 5.92. The van der Waals surface area contributed by atoms with Crippen LogP contribution >= 0.6 is 0 Å². The molecule has 6 nitrogen and oxygen atoms in total. The molecular weight excluding hydrogens is 474 g/mol. The number of hydrogen-bond donors (Lipinski definition) is 0. The van der Waals surface area contributed by atoms with Crippen LogP contribution in [0.4, 0.5) is 0 Å². The van der Waals surface area contributed by atoms with E-state index in [1.165, 1.54) is 17.2 Å². The van der Waals surface area contributed by atoms with Crippen LogP contribution in [-0.4, -0.2) is 52.3 Å². The second-order valence-corrected chi connectivity index (χ2v) is 11.5. The van der Waals surface area contributed by atoms with Gasteiger partial charge in [-0.3, -0.25) is 0 Å². The zero-order valence-corrected chi connectivity index (χ0v) is 23.2. The molecule has 0 spiro atoms. The number of rotatable bonds is 5. The van der Waals surface area contributed by atoms with E-state index in [0.717, 1.165) is 67.2 Å². The Morgan fingerprint density at radius 1 is 1.03 bits per heavy atom. The second-order valence-electron chi connectivity index (χ2n) is 11.5. The highest BCUT2D eigenvalue weighted by Gasteiger charge is 2.32. The van der Waals surface area contributed by atoms with Gasteiger partial charge in [-0.1, -0.05) is 48.5 Å². The third-order valence-corrected chi connectivity index (χ3v) is 7.42. The lowest BCUT2D eigenvalue weighted by Crippen LogP contribution is -2.35. The molecule has 6 heteroatoms. The van der Waals surface area contributed by atoms with Gasteiger partial charge < -0.3 is 18.9 Å². The maximum atomic E-state index is 12.0. The Bertz CT molecular complexity index is 1310. The highest BCUT2D eigenvalue weighted by molar-refractivity contribution is 5.87. The number of imidazole rings is 1. The number of nitrogens with zero attached hydrogens (tertiary/aromatic N) is 3. The first-order valence-corrected chi connectivity index (χ1v) is 13.7. The van der Waals surface area contributed by atoms with Crippen molar-refractivity contribution in [3.63, 3.8) is 0 Å². The molecule has 2 aliphatic heterocycles. The lowest BCUT2D eigenvalue weighted by atomic mass is 9.99. The van der Waals surface area contributed by atoms with E-state index in [-0.39, 0.29) is 18.2 Å². The number of benzene rings is 2. The molecule has 0 bridgehead atoms. The summed E-state index contributed by atoms with van der Waals surface area (Å²) in [4.78, 5) is 19.6. The molecule has 0 amide bonds. The quantitative estimate of drug-likeness (QED) is 0.311. The zero-order valence-electron chi connectivity index (χ0n) is 23.2. The van der Waals surface area contributed by atoms with Gasteiger partial charge >= 0.3 is 5.97 Å². The number of ether oxygens (including phenoxy) is 2. The molecule has 0 saturated carbocycles. The standard InChI is InChI=1S/C32H39N3O3/c1-22-29(25-13-10-23(11-14-25)12-15-28(36)38-32(2,3)4)33-31-30(37-26-17-19-34(5)20-18-26)27-9-7-6-8-24(27)16-21-35(22)31/h6-15,26,30H,16-21H2,1-5H3. The lowest BCUT2D eigenvalue weighted by Gasteiger charge is -2.32. The molecule has 1 saturated heterocycles. The fourth-order valence-electron chi connectivity index (χ4n) is 5.40. The summed E-state index contributed by atoms with van der Waals surface area (Å²) in [6, 6.07) is 16.8. The Morgan fingerprint density at radius 3 is 2.45 bits per heavy atom. The number of hydrogen-bond acceptors (Lipinski definition) is 5. The lowest BCUT2D eigenvalue weighted by molar-refractivity contribution is -0.148. The Hall–Kier alpha value is -3.22. The van der Waals surface area contributed by atoms with E-state index in [1.54, 1.807) is 6.08 Å².